The predicted octanol–water partition coefficient (Wildman–Crippen LogP) is 2.66. The lowest BCUT2D eigenvalue weighted by molar-refractivity contribution is 0.360. The molecule has 2 nitrogen and oxygen atoms in total. The highest BCUT2D eigenvalue weighted by atomic mass is 35.7. The van der Waals surface area contributed by atoms with E-state index < -0.39 is 15.2 Å². The van der Waals surface area contributed by atoms with E-state index in [0.29, 0.717) is 5.56 Å². The summed E-state index contributed by atoms with van der Waals surface area (Å²) in [6.07, 6.45) is -0.649. The Kier molecular flexibility index (Phi) is 4.11. The zero-order chi connectivity index (χ0) is 11.5. The zero-order valence-electron chi connectivity index (χ0n) is 8.28. The van der Waals surface area contributed by atoms with Crippen molar-refractivity contribution in [1.82, 2.24) is 0 Å². The topological polar surface area (TPSA) is 34.1 Å². The molecule has 0 aliphatic rings. The number of hydrogen-bond acceptors (Lipinski definition) is 2. The number of benzene rings is 1. The molecule has 15 heavy (non-hydrogen) atoms. The molecule has 0 fully saturated rings. The van der Waals surface area contributed by atoms with Gasteiger partial charge < -0.3 is 0 Å². The van der Waals surface area contributed by atoms with Crippen molar-refractivity contribution in [2.45, 2.75) is 25.3 Å². The summed E-state index contributed by atoms with van der Waals surface area (Å²) in [5.74, 6) is -0.219. The van der Waals surface area contributed by atoms with Gasteiger partial charge in [-0.2, -0.15) is 0 Å². The van der Waals surface area contributed by atoms with Crippen LogP contribution in [-0.2, 0) is 21.2 Å². The van der Waals surface area contributed by atoms with Crippen LogP contribution >= 0.6 is 10.7 Å². The van der Waals surface area contributed by atoms with Gasteiger partial charge in [0.15, 0.2) is 0 Å². The van der Waals surface area contributed by atoms with E-state index >= 15 is 0 Å². The first kappa shape index (κ1) is 12.5. The first-order chi connectivity index (χ1) is 6.87. The molecule has 0 radical (unpaired) electrons. The van der Waals surface area contributed by atoms with Gasteiger partial charge in [0.2, 0.25) is 9.05 Å². The van der Waals surface area contributed by atoms with E-state index in [-0.39, 0.29) is 12.2 Å². The fourth-order valence-corrected chi connectivity index (χ4v) is 2.33. The highest BCUT2D eigenvalue weighted by Crippen LogP contribution is 2.13. The average Bonchev–Trinajstić information content (AvgIpc) is 1.99. The zero-order valence-corrected chi connectivity index (χ0v) is 9.85. The summed E-state index contributed by atoms with van der Waals surface area (Å²) in [6.45, 7) is 1.46. The second-order valence-corrected chi connectivity index (χ2v) is 6.26. The quantitative estimate of drug-likeness (QED) is 0.770. The molecule has 84 valence electrons. The Balaban J connectivity index is 2.83. The minimum Gasteiger partial charge on any atom is -0.247 e. The Morgan fingerprint density at radius 2 is 2.00 bits per heavy atom. The molecule has 1 unspecified atom stereocenters. The van der Waals surface area contributed by atoms with Gasteiger partial charge in [0.05, 0.1) is 5.75 Å². The van der Waals surface area contributed by atoms with Crippen LogP contribution in [0.4, 0.5) is 4.39 Å². The molecule has 0 aliphatic carbocycles. The minimum absolute atomic E-state index is 0.219. The third-order valence-electron chi connectivity index (χ3n) is 1.85. The molecule has 1 aromatic carbocycles. The van der Waals surface area contributed by atoms with Crippen molar-refractivity contribution in [1.29, 1.82) is 0 Å². The monoisotopic (exact) mass is 250 g/mol. The molecular formula is C10H12ClFO2S. The van der Waals surface area contributed by atoms with Crippen molar-refractivity contribution >= 4 is 19.7 Å². The second-order valence-electron chi connectivity index (χ2n) is 3.49. The molecule has 0 heterocycles. The molecule has 5 heteroatoms. The molecule has 0 saturated carbocycles. The number of alkyl halides is 1. The van der Waals surface area contributed by atoms with Crippen molar-refractivity contribution in [3.05, 3.63) is 35.4 Å². The van der Waals surface area contributed by atoms with E-state index in [2.05, 4.69) is 0 Å². The molecule has 1 rings (SSSR count). The molecule has 0 aromatic heterocycles. The standard InChI is InChI=1S/C10H12ClFO2S/c1-8(12)5-9-3-2-4-10(6-9)7-15(11,13)14/h2-4,6,8H,5,7H2,1H3. The fourth-order valence-electron chi connectivity index (χ4n) is 1.37. The lowest BCUT2D eigenvalue weighted by atomic mass is 10.1. The maximum Gasteiger partial charge on any atom is 0.236 e. The van der Waals surface area contributed by atoms with Gasteiger partial charge in [0, 0.05) is 17.1 Å². The van der Waals surface area contributed by atoms with Crippen LogP contribution in [0.25, 0.3) is 0 Å². The van der Waals surface area contributed by atoms with Crippen molar-refractivity contribution < 1.29 is 12.8 Å². The third kappa shape index (κ3) is 5.14. The summed E-state index contributed by atoms with van der Waals surface area (Å²) in [4.78, 5) is 0. The summed E-state index contributed by atoms with van der Waals surface area (Å²) < 4.78 is 34.4. The largest absolute Gasteiger partial charge is 0.247 e. The van der Waals surface area contributed by atoms with Crippen molar-refractivity contribution in [2.24, 2.45) is 0 Å². The Hall–Kier alpha value is -0.610. The number of rotatable bonds is 4. The third-order valence-corrected chi connectivity index (χ3v) is 2.85. The molecule has 0 N–H and O–H groups in total. The maximum absolute atomic E-state index is 12.7. The van der Waals surface area contributed by atoms with Gasteiger partial charge in [0.25, 0.3) is 0 Å². The molecule has 0 bridgehead atoms. The number of halogens is 2. The summed E-state index contributed by atoms with van der Waals surface area (Å²) in [5, 5.41) is 0. The van der Waals surface area contributed by atoms with Gasteiger partial charge in [-0.15, -0.1) is 0 Å². The molecule has 1 atom stereocenters. The van der Waals surface area contributed by atoms with Crippen LogP contribution in [0.2, 0.25) is 0 Å². The summed E-state index contributed by atoms with van der Waals surface area (Å²) >= 11 is 0. The van der Waals surface area contributed by atoms with E-state index in [1.54, 1.807) is 24.3 Å². The van der Waals surface area contributed by atoms with Gasteiger partial charge >= 0.3 is 0 Å². The SMILES string of the molecule is CC(F)Cc1cccc(CS(=O)(=O)Cl)c1. The highest BCUT2D eigenvalue weighted by molar-refractivity contribution is 8.13. The van der Waals surface area contributed by atoms with Crippen molar-refractivity contribution in [2.75, 3.05) is 0 Å². The lowest BCUT2D eigenvalue weighted by Gasteiger charge is -2.04. The van der Waals surface area contributed by atoms with Gasteiger partial charge in [-0.05, 0) is 18.1 Å². The Labute approximate surface area is 93.5 Å². The van der Waals surface area contributed by atoms with Crippen molar-refractivity contribution in [3.63, 3.8) is 0 Å². The van der Waals surface area contributed by atoms with E-state index in [1.807, 2.05) is 0 Å². The van der Waals surface area contributed by atoms with Crippen molar-refractivity contribution in [3.8, 4) is 0 Å². The first-order valence-corrected chi connectivity index (χ1v) is 6.99. The predicted molar refractivity (Wildman–Crippen MR) is 59.2 cm³/mol. The molecule has 0 aliphatic heterocycles. The van der Waals surface area contributed by atoms with Gasteiger partial charge in [0.1, 0.15) is 6.17 Å². The highest BCUT2D eigenvalue weighted by Gasteiger charge is 2.08. The van der Waals surface area contributed by atoms with E-state index in [0.717, 1.165) is 5.56 Å². The summed E-state index contributed by atoms with van der Waals surface area (Å²) in [7, 11) is 1.58. The van der Waals surface area contributed by atoms with Crippen LogP contribution in [0, 0.1) is 0 Å². The van der Waals surface area contributed by atoms with Crippen LogP contribution in [0.3, 0.4) is 0 Å². The van der Waals surface area contributed by atoms with Gasteiger partial charge in [-0.3, -0.25) is 0 Å². The number of hydrogen-bond donors (Lipinski definition) is 0. The van der Waals surface area contributed by atoms with E-state index in [1.165, 1.54) is 6.92 Å². The lowest BCUT2D eigenvalue weighted by Crippen LogP contribution is -2.00. The normalized spacial score (nSPS) is 13.8. The molecule has 0 spiro atoms. The summed E-state index contributed by atoms with van der Waals surface area (Å²) in [6, 6.07) is 6.79. The maximum atomic E-state index is 12.7. The van der Waals surface area contributed by atoms with Crippen LogP contribution in [0.5, 0.6) is 0 Å². The summed E-state index contributed by atoms with van der Waals surface area (Å²) in [5.41, 5.74) is 1.37. The molecular weight excluding hydrogens is 239 g/mol. The average molecular weight is 251 g/mol. The van der Waals surface area contributed by atoms with Gasteiger partial charge in [-0.25, -0.2) is 12.8 Å². The fraction of sp³-hybridized carbons (Fsp3) is 0.400. The minimum atomic E-state index is -3.54. The van der Waals surface area contributed by atoms with Crippen LogP contribution in [0.1, 0.15) is 18.1 Å². The van der Waals surface area contributed by atoms with E-state index in [9.17, 15) is 12.8 Å². The van der Waals surface area contributed by atoms with Crippen LogP contribution < -0.4 is 0 Å². The smallest absolute Gasteiger partial charge is 0.236 e. The van der Waals surface area contributed by atoms with E-state index in [4.69, 9.17) is 10.7 Å². The van der Waals surface area contributed by atoms with Crippen LogP contribution in [0.15, 0.2) is 24.3 Å². The Morgan fingerprint density at radius 1 is 1.40 bits per heavy atom. The van der Waals surface area contributed by atoms with Gasteiger partial charge in [-0.1, -0.05) is 24.3 Å². The Bertz CT molecular complexity index is 429. The molecule has 0 saturated heterocycles. The van der Waals surface area contributed by atoms with Crippen LogP contribution in [-0.4, -0.2) is 14.6 Å². The molecule has 0 amide bonds. The first-order valence-electron chi connectivity index (χ1n) is 4.51. The second kappa shape index (κ2) is 4.94. The Morgan fingerprint density at radius 3 is 2.53 bits per heavy atom. The molecule has 1 aromatic rings.